The zero-order chi connectivity index (χ0) is 5.33. The van der Waals surface area contributed by atoms with Gasteiger partial charge in [0.25, 0.3) is 0 Å². The van der Waals surface area contributed by atoms with Crippen molar-refractivity contribution >= 4 is 38.0 Å². The highest BCUT2D eigenvalue weighted by atomic mass is 35.5. The molecule has 0 spiro atoms. The molecule has 1 aliphatic heterocycles. The van der Waals surface area contributed by atoms with Gasteiger partial charge in [-0.3, -0.25) is 0 Å². The van der Waals surface area contributed by atoms with Crippen molar-refractivity contribution in [1.29, 1.82) is 0 Å². The number of hydrogen-bond acceptors (Lipinski definition) is 0. The van der Waals surface area contributed by atoms with E-state index in [9.17, 15) is 0 Å². The maximum absolute atomic E-state index is 5.65. The highest BCUT2D eigenvalue weighted by Gasteiger charge is 2.16. The predicted octanol–water partition coefficient (Wildman–Crippen LogP) is 0.926. The molecule has 0 N–H and O–H groups in total. The fourth-order valence-corrected chi connectivity index (χ4v) is 1.71. The monoisotopic (exact) mass is 150 g/mol. The highest BCUT2D eigenvalue weighted by Crippen LogP contribution is 2.20. The Morgan fingerprint density at radius 2 is 2.14 bits per heavy atom. The molecule has 38 valence electrons. The van der Waals surface area contributed by atoms with Gasteiger partial charge in [-0.1, -0.05) is 34.9 Å². The summed E-state index contributed by atoms with van der Waals surface area (Å²) in [5, 5.41) is 0. The minimum atomic E-state index is -0.514. The molecule has 1 aliphatic rings. The van der Waals surface area contributed by atoms with Crippen LogP contribution in [0.15, 0.2) is 12.2 Å². The summed E-state index contributed by atoms with van der Waals surface area (Å²) in [5.74, 6) is 0. The standard InChI is InChI=1S/C4H4Cl2Si/c5-4(6)2-1-3-7-4/h1-3,7H. The van der Waals surface area contributed by atoms with E-state index in [0.29, 0.717) is 0 Å². The molecule has 1 heterocycles. The molecular weight excluding hydrogens is 147 g/mol. The molecular formula is C4H4Cl2Si. The first-order valence-corrected chi connectivity index (χ1v) is 3.96. The van der Waals surface area contributed by atoms with Crippen LogP contribution >= 0.6 is 23.2 Å². The van der Waals surface area contributed by atoms with Gasteiger partial charge < -0.3 is 0 Å². The van der Waals surface area contributed by atoms with Crippen molar-refractivity contribution in [2.75, 3.05) is 0 Å². The summed E-state index contributed by atoms with van der Waals surface area (Å²) in [7, 11) is 0.0980. The summed E-state index contributed by atoms with van der Waals surface area (Å²) in [6, 6.07) is 0. The molecule has 0 unspecified atom stereocenters. The largest absolute Gasteiger partial charge is 0.136 e. The van der Waals surface area contributed by atoms with Gasteiger partial charge >= 0.3 is 0 Å². The highest BCUT2D eigenvalue weighted by molar-refractivity contribution is 6.78. The van der Waals surface area contributed by atoms with Crippen molar-refractivity contribution < 1.29 is 0 Å². The van der Waals surface area contributed by atoms with Crippen LogP contribution in [-0.4, -0.2) is 18.8 Å². The average Bonchev–Trinajstić information content (AvgIpc) is 1.84. The molecule has 7 heavy (non-hydrogen) atoms. The topological polar surface area (TPSA) is 0 Å². The van der Waals surface area contributed by atoms with Crippen LogP contribution in [0.25, 0.3) is 0 Å². The van der Waals surface area contributed by atoms with Crippen molar-refractivity contribution in [3.05, 3.63) is 12.2 Å². The van der Waals surface area contributed by atoms with Gasteiger partial charge in [-0.15, -0.1) is 0 Å². The van der Waals surface area contributed by atoms with Crippen molar-refractivity contribution in [2.45, 2.75) is 3.96 Å². The lowest BCUT2D eigenvalue weighted by Gasteiger charge is -2.00. The van der Waals surface area contributed by atoms with Crippen LogP contribution in [-0.2, 0) is 0 Å². The van der Waals surface area contributed by atoms with Crippen LogP contribution in [0.1, 0.15) is 0 Å². The van der Waals surface area contributed by atoms with Gasteiger partial charge in [-0.25, -0.2) is 0 Å². The second kappa shape index (κ2) is 1.73. The molecule has 0 radical (unpaired) electrons. The Bertz CT molecular complexity index is 112. The van der Waals surface area contributed by atoms with E-state index < -0.39 is 3.96 Å². The number of alkyl halides is 2. The molecule has 0 amide bonds. The molecule has 0 nitrogen and oxygen atoms in total. The van der Waals surface area contributed by atoms with E-state index in [1.54, 1.807) is 0 Å². The van der Waals surface area contributed by atoms with E-state index in [2.05, 4.69) is 0 Å². The van der Waals surface area contributed by atoms with E-state index in [1.807, 2.05) is 17.8 Å². The summed E-state index contributed by atoms with van der Waals surface area (Å²) in [6.07, 6.45) is 3.72. The van der Waals surface area contributed by atoms with Crippen molar-refractivity contribution in [2.24, 2.45) is 0 Å². The predicted molar refractivity (Wildman–Crippen MR) is 36.8 cm³/mol. The maximum atomic E-state index is 5.65. The smallest absolute Gasteiger partial charge is 0.0974 e. The molecule has 0 aromatic rings. The molecule has 0 aliphatic carbocycles. The van der Waals surface area contributed by atoms with Gasteiger partial charge in [0, 0.05) is 9.13 Å². The van der Waals surface area contributed by atoms with Crippen LogP contribution in [0.3, 0.4) is 0 Å². The van der Waals surface area contributed by atoms with Crippen LogP contribution in [0.2, 0.25) is 0 Å². The third-order valence-electron chi connectivity index (χ3n) is 0.748. The van der Waals surface area contributed by atoms with Crippen molar-refractivity contribution in [3.8, 4) is 0 Å². The Balaban J connectivity index is 2.77. The summed E-state index contributed by atoms with van der Waals surface area (Å²) >= 11 is 11.3. The Morgan fingerprint density at radius 1 is 1.43 bits per heavy atom. The van der Waals surface area contributed by atoms with Crippen molar-refractivity contribution in [1.82, 2.24) is 0 Å². The first-order chi connectivity index (χ1) is 3.21. The van der Waals surface area contributed by atoms with E-state index in [1.165, 1.54) is 0 Å². The minimum absolute atomic E-state index is 0.0980. The Hall–Kier alpha value is 0.407. The number of halogens is 2. The van der Waals surface area contributed by atoms with E-state index >= 15 is 0 Å². The second-order valence-corrected chi connectivity index (χ2v) is 5.20. The molecule has 0 fully saturated rings. The number of hydrogen-bond donors (Lipinski definition) is 0. The lowest BCUT2D eigenvalue weighted by molar-refractivity contribution is 1.48. The summed E-state index contributed by atoms with van der Waals surface area (Å²) in [4.78, 5) is 0. The second-order valence-electron chi connectivity index (χ2n) is 1.39. The van der Waals surface area contributed by atoms with E-state index in [-0.39, 0.29) is 9.13 Å². The lowest BCUT2D eigenvalue weighted by atomic mass is 10.6. The first kappa shape index (κ1) is 5.54. The van der Waals surface area contributed by atoms with E-state index in [0.717, 1.165) is 0 Å². The SMILES string of the molecule is ClC1(Cl)C=CC=[SiH]1. The van der Waals surface area contributed by atoms with Crippen LogP contribution < -0.4 is 0 Å². The molecule has 0 saturated heterocycles. The average molecular weight is 151 g/mol. The van der Waals surface area contributed by atoms with Gasteiger partial charge in [-0.2, -0.15) is 0 Å². The van der Waals surface area contributed by atoms with Gasteiger partial charge in [0.15, 0.2) is 0 Å². The molecule has 0 saturated carbocycles. The number of rotatable bonds is 0. The molecule has 0 aromatic heterocycles. The van der Waals surface area contributed by atoms with Crippen LogP contribution in [0, 0.1) is 0 Å². The van der Waals surface area contributed by atoms with Gasteiger partial charge in [-0.05, 0) is 6.08 Å². The summed E-state index contributed by atoms with van der Waals surface area (Å²) < 4.78 is -0.514. The number of allylic oxidation sites excluding steroid dienone is 2. The first-order valence-electron chi connectivity index (χ1n) is 1.96. The van der Waals surface area contributed by atoms with Crippen LogP contribution in [0.4, 0.5) is 0 Å². The summed E-state index contributed by atoms with van der Waals surface area (Å²) in [6.45, 7) is 0. The fourth-order valence-electron chi connectivity index (χ4n) is 0.423. The normalized spacial score (nSPS) is 23.7. The van der Waals surface area contributed by atoms with Gasteiger partial charge in [0.2, 0.25) is 0 Å². The zero-order valence-corrected chi connectivity index (χ0v) is 6.23. The van der Waals surface area contributed by atoms with Crippen molar-refractivity contribution in [3.63, 3.8) is 0 Å². The quantitative estimate of drug-likeness (QED) is 0.357. The Morgan fingerprint density at radius 3 is 2.29 bits per heavy atom. The maximum Gasteiger partial charge on any atom is 0.136 e. The molecule has 3 heteroatoms. The Kier molecular flexibility index (Phi) is 1.37. The fraction of sp³-hybridized carbons (Fsp3) is 0.250. The van der Waals surface area contributed by atoms with Crippen LogP contribution in [0.5, 0.6) is 0 Å². The molecule has 0 aromatic carbocycles. The minimum Gasteiger partial charge on any atom is -0.0974 e. The zero-order valence-electron chi connectivity index (χ0n) is 3.57. The molecule has 0 bridgehead atoms. The van der Waals surface area contributed by atoms with Gasteiger partial charge in [0.05, 0.1) is 0 Å². The van der Waals surface area contributed by atoms with E-state index in [4.69, 9.17) is 23.2 Å². The Labute approximate surface area is 54.6 Å². The third kappa shape index (κ3) is 1.41. The summed E-state index contributed by atoms with van der Waals surface area (Å²) in [5.41, 5.74) is 2.03. The van der Waals surface area contributed by atoms with Gasteiger partial charge in [0.1, 0.15) is 3.96 Å². The third-order valence-corrected chi connectivity index (χ3v) is 2.81. The lowest BCUT2D eigenvalue weighted by Crippen LogP contribution is -2.08. The molecule has 1 rings (SSSR count). The molecule has 0 atom stereocenters.